The number of nitrogens with zero attached hydrogens (tertiary/aromatic N) is 1. The highest BCUT2D eigenvalue weighted by Gasteiger charge is 2.05. The Labute approximate surface area is 157 Å². The standard InChI is InChI=1S/C19H21N3O3S/c1-12-6-4-9-17(13(12)2)20-19(26)22-21-14(3)15-7-5-8-16(10-15)25-11-18(23)24/h4-10H,11H2,1-3H3,(H,23,24)(H2,20,22,26)/b21-14-. The summed E-state index contributed by atoms with van der Waals surface area (Å²) in [5.74, 6) is -0.555. The van der Waals surface area contributed by atoms with Crippen LogP contribution in [0.25, 0.3) is 0 Å². The van der Waals surface area contributed by atoms with Crippen molar-refractivity contribution in [3.8, 4) is 5.75 Å². The summed E-state index contributed by atoms with van der Waals surface area (Å²) < 4.78 is 5.17. The van der Waals surface area contributed by atoms with Gasteiger partial charge in [0.2, 0.25) is 0 Å². The number of hydrazone groups is 1. The molecule has 0 amide bonds. The van der Waals surface area contributed by atoms with Gasteiger partial charge in [0.1, 0.15) is 5.75 Å². The van der Waals surface area contributed by atoms with Gasteiger partial charge in [0, 0.05) is 11.3 Å². The molecule has 0 aliphatic heterocycles. The van der Waals surface area contributed by atoms with E-state index in [9.17, 15) is 4.79 Å². The van der Waals surface area contributed by atoms with E-state index < -0.39 is 5.97 Å². The molecule has 0 heterocycles. The van der Waals surface area contributed by atoms with E-state index in [1.54, 1.807) is 18.2 Å². The first-order valence-electron chi connectivity index (χ1n) is 7.99. The molecule has 2 aromatic carbocycles. The van der Waals surface area contributed by atoms with Gasteiger partial charge in [-0.2, -0.15) is 5.10 Å². The number of aliphatic carboxylic acids is 1. The highest BCUT2D eigenvalue weighted by Crippen LogP contribution is 2.18. The molecule has 0 unspecified atom stereocenters. The van der Waals surface area contributed by atoms with Crippen LogP contribution in [0.5, 0.6) is 5.75 Å². The van der Waals surface area contributed by atoms with E-state index in [0.29, 0.717) is 16.6 Å². The van der Waals surface area contributed by atoms with Crippen LogP contribution >= 0.6 is 12.2 Å². The van der Waals surface area contributed by atoms with E-state index in [2.05, 4.69) is 15.8 Å². The zero-order chi connectivity index (χ0) is 19.1. The Morgan fingerprint density at radius 1 is 1.23 bits per heavy atom. The number of aryl methyl sites for hydroxylation is 1. The molecule has 26 heavy (non-hydrogen) atoms. The van der Waals surface area contributed by atoms with Crippen LogP contribution in [0.3, 0.4) is 0 Å². The highest BCUT2D eigenvalue weighted by molar-refractivity contribution is 7.80. The van der Waals surface area contributed by atoms with Crippen molar-refractivity contribution in [2.75, 3.05) is 11.9 Å². The zero-order valence-corrected chi connectivity index (χ0v) is 15.7. The van der Waals surface area contributed by atoms with Gasteiger partial charge in [-0.05, 0) is 62.3 Å². The molecule has 6 nitrogen and oxygen atoms in total. The SMILES string of the molecule is C/C(=N/NC(=S)Nc1cccc(C)c1C)c1cccc(OCC(=O)O)c1. The molecular weight excluding hydrogens is 350 g/mol. The van der Waals surface area contributed by atoms with Crippen LogP contribution in [0, 0.1) is 13.8 Å². The van der Waals surface area contributed by atoms with Crippen molar-refractivity contribution in [3.05, 3.63) is 59.2 Å². The maximum atomic E-state index is 10.6. The Morgan fingerprint density at radius 3 is 2.69 bits per heavy atom. The van der Waals surface area contributed by atoms with Crippen LogP contribution in [-0.4, -0.2) is 28.5 Å². The van der Waals surface area contributed by atoms with Crippen LogP contribution in [0.15, 0.2) is 47.6 Å². The number of thiocarbonyl (C=S) groups is 1. The van der Waals surface area contributed by atoms with E-state index in [0.717, 1.165) is 16.8 Å². The smallest absolute Gasteiger partial charge is 0.341 e. The van der Waals surface area contributed by atoms with Gasteiger partial charge in [0.05, 0.1) is 5.71 Å². The molecule has 0 radical (unpaired) electrons. The minimum atomic E-state index is -1.02. The molecule has 7 heteroatoms. The number of carboxylic acid groups (broad SMARTS) is 1. The summed E-state index contributed by atoms with van der Waals surface area (Å²) >= 11 is 5.28. The average Bonchev–Trinajstić information content (AvgIpc) is 2.62. The third kappa shape index (κ3) is 5.56. The molecule has 0 aliphatic rings. The van der Waals surface area contributed by atoms with Crippen molar-refractivity contribution >= 4 is 34.7 Å². The first kappa shape index (κ1) is 19.4. The van der Waals surface area contributed by atoms with Crippen molar-refractivity contribution in [3.63, 3.8) is 0 Å². The highest BCUT2D eigenvalue weighted by atomic mass is 32.1. The summed E-state index contributed by atoms with van der Waals surface area (Å²) in [4.78, 5) is 10.6. The molecule has 0 bridgehead atoms. The average molecular weight is 371 g/mol. The van der Waals surface area contributed by atoms with Gasteiger partial charge in [-0.25, -0.2) is 4.79 Å². The molecule has 136 valence electrons. The van der Waals surface area contributed by atoms with Gasteiger partial charge >= 0.3 is 5.97 Å². The Balaban J connectivity index is 2.01. The molecule has 2 rings (SSSR count). The maximum Gasteiger partial charge on any atom is 0.341 e. The number of rotatable bonds is 6. The Morgan fingerprint density at radius 2 is 1.96 bits per heavy atom. The topological polar surface area (TPSA) is 83.0 Å². The number of carboxylic acids is 1. The molecule has 0 aromatic heterocycles. The van der Waals surface area contributed by atoms with Gasteiger partial charge < -0.3 is 15.2 Å². The number of nitrogens with one attached hydrogen (secondary N) is 2. The van der Waals surface area contributed by atoms with Gasteiger partial charge in [-0.1, -0.05) is 24.3 Å². The van der Waals surface area contributed by atoms with Crippen molar-refractivity contribution in [2.24, 2.45) is 5.10 Å². The number of benzene rings is 2. The largest absolute Gasteiger partial charge is 0.482 e. The van der Waals surface area contributed by atoms with Crippen LogP contribution < -0.4 is 15.5 Å². The second-order valence-corrected chi connectivity index (χ2v) is 6.13. The lowest BCUT2D eigenvalue weighted by Crippen LogP contribution is -2.25. The fourth-order valence-electron chi connectivity index (χ4n) is 2.19. The molecular formula is C19H21N3O3S. The lowest BCUT2D eigenvalue weighted by Gasteiger charge is -2.12. The minimum absolute atomic E-state index is 0.385. The van der Waals surface area contributed by atoms with Crippen molar-refractivity contribution in [2.45, 2.75) is 20.8 Å². The monoisotopic (exact) mass is 371 g/mol. The van der Waals surface area contributed by atoms with Crippen molar-refractivity contribution < 1.29 is 14.6 Å². The molecule has 0 spiro atoms. The van der Waals surface area contributed by atoms with Crippen LogP contribution in [-0.2, 0) is 4.79 Å². The fourth-order valence-corrected chi connectivity index (χ4v) is 2.35. The zero-order valence-electron chi connectivity index (χ0n) is 14.9. The van der Waals surface area contributed by atoms with Gasteiger partial charge in [-0.15, -0.1) is 0 Å². The maximum absolute atomic E-state index is 10.6. The normalized spacial score (nSPS) is 11.0. The molecule has 2 aromatic rings. The first-order chi connectivity index (χ1) is 12.4. The molecule has 0 atom stereocenters. The number of hydrogen-bond acceptors (Lipinski definition) is 4. The minimum Gasteiger partial charge on any atom is -0.482 e. The molecule has 3 N–H and O–H groups in total. The summed E-state index contributed by atoms with van der Waals surface area (Å²) in [5.41, 5.74) is 7.54. The quantitative estimate of drug-likeness (QED) is 0.410. The second-order valence-electron chi connectivity index (χ2n) is 5.72. The van der Waals surface area contributed by atoms with Crippen LogP contribution in [0.1, 0.15) is 23.6 Å². The van der Waals surface area contributed by atoms with Gasteiger partial charge in [-0.3, -0.25) is 5.43 Å². The summed E-state index contributed by atoms with van der Waals surface area (Å²) in [5, 5.41) is 16.5. The number of ether oxygens (including phenoxy) is 1. The summed E-state index contributed by atoms with van der Waals surface area (Å²) in [6.45, 7) is 5.50. The summed E-state index contributed by atoms with van der Waals surface area (Å²) in [6, 6.07) is 13.0. The third-order valence-electron chi connectivity index (χ3n) is 3.79. The van der Waals surface area contributed by atoms with Crippen molar-refractivity contribution in [1.82, 2.24) is 5.43 Å². The van der Waals surface area contributed by atoms with Crippen LogP contribution in [0.4, 0.5) is 5.69 Å². The van der Waals surface area contributed by atoms with E-state index >= 15 is 0 Å². The van der Waals surface area contributed by atoms with E-state index in [4.69, 9.17) is 22.1 Å². The number of anilines is 1. The number of hydrogen-bond donors (Lipinski definition) is 3. The summed E-state index contributed by atoms with van der Waals surface area (Å²) in [6.07, 6.45) is 0. The predicted molar refractivity (Wildman–Crippen MR) is 107 cm³/mol. The Bertz CT molecular complexity index is 850. The Hall–Kier alpha value is -2.93. The molecule has 0 saturated heterocycles. The van der Waals surface area contributed by atoms with Gasteiger partial charge in [0.25, 0.3) is 0 Å². The lowest BCUT2D eigenvalue weighted by molar-refractivity contribution is -0.139. The molecule has 0 aliphatic carbocycles. The predicted octanol–water partition coefficient (Wildman–Crippen LogP) is 3.48. The third-order valence-corrected chi connectivity index (χ3v) is 3.99. The van der Waals surface area contributed by atoms with Crippen LogP contribution in [0.2, 0.25) is 0 Å². The van der Waals surface area contributed by atoms with E-state index in [-0.39, 0.29) is 6.61 Å². The second kappa shape index (κ2) is 8.96. The molecule has 0 fully saturated rings. The number of carbonyl (C=O) groups is 1. The molecule has 0 saturated carbocycles. The van der Waals surface area contributed by atoms with Gasteiger partial charge in [0.15, 0.2) is 11.7 Å². The van der Waals surface area contributed by atoms with E-state index in [1.807, 2.05) is 45.0 Å². The lowest BCUT2D eigenvalue weighted by atomic mass is 10.1. The summed E-state index contributed by atoms with van der Waals surface area (Å²) in [7, 11) is 0. The Kier molecular flexibility index (Phi) is 6.68. The van der Waals surface area contributed by atoms with E-state index in [1.165, 1.54) is 5.56 Å². The first-order valence-corrected chi connectivity index (χ1v) is 8.40. The van der Waals surface area contributed by atoms with Crippen molar-refractivity contribution in [1.29, 1.82) is 0 Å². The fraction of sp³-hybridized carbons (Fsp3) is 0.211.